The fourth-order valence-electron chi connectivity index (χ4n) is 2.79. The van der Waals surface area contributed by atoms with Gasteiger partial charge in [-0.2, -0.15) is 0 Å². The molecule has 0 saturated carbocycles. The van der Waals surface area contributed by atoms with Gasteiger partial charge in [0.1, 0.15) is 5.69 Å². The molecule has 1 aromatic carbocycles. The molecular formula is C16H23F2N3O2. The Morgan fingerprint density at radius 1 is 1.26 bits per heavy atom. The molecule has 0 aliphatic carbocycles. The van der Waals surface area contributed by atoms with Crippen molar-refractivity contribution in [3.05, 3.63) is 23.8 Å². The van der Waals surface area contributed by atoms with Crippen molar-refractivity contribution in [2.24, 2.45) is 0 Å². The Morgan fingerprint density at radius 3 is 2.39 bits per heavy atom. The van der Waals surface area contributed by atoms with Crippen molar-refractivity contribution in [2.45, 2.75) is 26.2 Å². The molecule has 5 nitrogen and oxygen atoms in total. The zero-order chi connectivity index (χ0) is 16.8. The number of rotatable bonds is 6. The van der Waals surface area contributed by atoms with E-state index in [0.29, 0.717) is 19.6 Å². The lowest BCUT2D eigenvalue weighted by Crippen LogP contribution is -2.37. The van der Waals surface area contributed by atoms with Crippen LogP contribution in [0.3, 0.4) is 0 Å². The summed E-state index contributed by atoms with van der Waals surface area (Å²) in [7, 11) is 0. The molecule has 1 saturated heterocycles. The molecule has 23 heavy (non-hydrogen) atoms. The number of halogens is 2. The van der Waals surface area contributed by atoms with E-state index in [2.05, 4.69) is 5.32 Å². The average Bonchev–Trinajstić information content (AvgIpc) is 3.00. The molecule has 0 bridgehead atoms. The van der Waals surface area contributed by atoms with Crippen molar-refractivity contribution >= 4 is 17.4 Å². The van der Waals surface area contributed by atoms with Crippen LogP contribution in [0.25, 0.3) is 0 Å². The van der Waals surface area contributed by atoms with Crippen molar-refractivity contribution in [1.29, 1.82) is 0 Å². The van der Waals surface area contributed by atoms with Crippen LogP contribution in [-0.2, 0) is 0 Å². The first-order valence-electron chi connectivity index (χ1n) is 7.97. The number of anilines is 2. The van der Waals surface area contributed by atoms with E-state index in [4.69, 9.17) is 5.11 Å². The summed E-state index contributed by atoms with van der Waals surface area (Å²) in [5.74, 6) is -1.35. The van der Waals surface area contributed by atoms with Gasteiger partial charge in [0.2, 0.25) is 0 Å². The van der Waals surface area contributed by atoms with Gasteiger partial charge in [-0.25, -0.2) is 13.6 Å². The molecule has 7 heteroatoms. The number of hydrogen-bond donors (Lipinski definition) is 2. The van der Waals surface area contributed by atoms with Gasteiger partial charge in [-0.1, -0.05) is 6.92 Å². The molecule has 1 aliphatic heterocycles. The number of aliphatic hydroxyl groups excluding tert-OH is 1. The van der Waals surface area contributed by atoms with Crippen LogP contribution in [0, 0.1) is 11.6 Å². The zero-order valence-corrected chi connectivity index (χ0v) is 13.3. The van der Waals surface area contributed by atoms with Crippen molar-refractivity contribution < 1.29 is 18.7 Å². The molecule has 1 fully saturated rings. The summed E-state index contributed by atoms with van der Waals surface area (Å²) in [5, 5.41) is 11.5. The molecule has 2 rings (SSSR count). The number of hydrogen-bond acceptors (Lipinski definition) is 3. The van der Waals surface area contributed by atoms with Crippen LogP contribution in [0.5, 0.6) is 0 Å². The minimum Gasteiger partial charge on any atom is -0.395 e. The third-order valence-electron chi connectivity index (χ3n) is 3.84. The summed E-state index contributed by atoms with van der Waals surface area (Å²) in [6.07, 6.45) is 2.57. The Hall–Kier alpha value is -1.89. The number of nitrogens with zero attached hydrogens (tertiary/aromatic N) is 2. The van der Waals surface area contributed by atoms with E-state index in [1.807, 2.05) is 6.92 Å². The first-order chi connectivity index (χ1) is 11.1. The normalized spacial score (nSPS) is 14.2. The quantitative estimate of drug-likeness (QED) is 0.845. The predicted molar refractivity (Wildman–Crippen MR) is 85.8 cm³/mol. The number of aliphatic hydroxyl groups is 1. The molecular weight excluding hydrogens is 304 g/mol. The van der Waals surface area contributed by atoms with Gasteiger partial charge in [0, 0.05) is 31.9 Å². The molecule has 0 spiro atoms. The maximum absolute atomic E-state index is 14.2. The summed E-state index contributed by atoms with van der Waals surface area (Å²) in [6.45, 7) is 3.66. The SMILES string of the molecule is CCCN(CCO)C(=O)Nc1cc(F)c(N2CCCC2)c(F)c1. The Kier molecular flexibility index (Phi) is 6.15. The number of urea groups is 1. The Balaban J connectivity index is 2.12. The molecule has 1 aromatic rings. The third kappa shape index (κ3) is 4.31. The second-order valence-electron chi connectivity index (χ2n) is 5.62. The van der Waals surface area contributed by atoms with Crippen LogP contribution in [0.1, 0.15) is 26.2 Å². The van der Waals surface area contributed by atoms with E-state index >= 15 is 0 Å². The number of carbonyl (C=O) groups is 1. The highest BCUT2D eigenvalue weighted by molar-refractivity contribution is 5.89. The Labute approximate surface area is 134 Å². The summed E-state index contributed by atoms with van der Waals surface area (Å²) in [6, 6.07) is 1.80. The van der Waals surface area contributed by atoms with E-state index in [1.165, 1.54) is 4.90 Å². The number of nitrogens with one attached hydrogen (secondary N) is 1. The lowest BCUT2D eigenvalue weighted by atomic mass is 10.2. The van der Waals surface area contributed by atoms with Crippen LogP contribution >= 0.6 is 0 Å². The average molecular weight is 327 g/mol. The third-order valence-corrected chi connectivity index (χ3v) is 3.84. The minimum absolute atomic E-state index is 0.0266. The van der Waals surface area contributed by atoms with Crippen molar-refractivity contribution in [2.75, 3.05) is 43.0 Å². The van der Waals surface area contributed by atoms with E-state index in [0.717, 1.165) is 31.4 Å². The smallest absolute Gasteiger partial charge is 0.321 e. The van der Waals surface area contributed by atoms with Gasteiger partial charge >= 0.3 is 6.03 Å². The fourth-order valence-corrected chi connectivity index (χ4v) is 2.79. The van der Waals surface area contributed by atoms with Gasteiger partial charge in [-0.05, 0) is 31.4 Å². The van der Waals surface area contributed by atoms with Gasteiger partial charge in [-0.15, -0.1) is 0 Å². The standard InChI is InChI=1S/C16H23F2N3O2/c1-2-5-21(8-9-22)16(23)19-12-10-13(17)15(14(18)11-12)20-6-3-4-7-20/h10-11,22H,2-9H2,1H3,(H,19,23). The van der Waals surface area contributed by atoms with E-state index in [-0.39, 0.29) is 24.5 Å². The number of carbonyl (C=O) groups excluding carboxylic acids is 1. The topological polar surface area (TPSA) is 55.8 Å². The maximum Gasteiger partial charge on any atom is 0.321 e. The summed E-state index contributed by atoms with van der Waals surface area (Å²) in [5.41, 5.74) is 0.0493. The molecule has 0 radical (unpaired) electrons. The van der Waals surface area contributed by atoms with E-state index in [9.17, 15) is 13.6 Å². The highest BCUT2D eigenvalue weighted by atomic mass is 19.1. The van der Waals surface area contributed by atoms with Crippen LogP contribution in [0.2, 0.25) is 0 Å². The van der Waals surface area contributed by atoms with Crippen LogP contribution in [0.4, 0.5) is 25.0 Å². The van der Waals surface area contributed by atoms with Gasteiger partial charge < -0.3 is 20.2 Å². The highest BCUT2D eigenvalue weighted by Crippen LogP contribution is 2.29. The summed E-state index contributed by atoms with van der Waals surface area (Å²) < 4.78 is 28.4. The molecule has 1 heterocycles. The van der Waals surface area contributed by atoms with Crippen molar-refractivity contribution in [1.82, 2.24) is 4.90 Å². The first-order valence-corrected chi connectivity index (χ1v) is 7.97. The van der Waals surface area contributed by atoms with Crippen molar-refractivity contribution in [3.8, 4) is 0 Å². The summed E-state index contributed by atoms with van der Waals surface area (Å²) in [4.78, 5) is 15.2. The molecule has 1 aliphatic rings. The predicted octanol–water partition coefficient (Wildman–Crippen LogP) is 2.80. The zero-order valence-electron chi connectivity index (χ0n) is 13.3. The molecule has 128 valence electrons. The Morgan fingerprint density at radius 2 is 1.87 bits per heavy atom. The van der Waals surface area contributed by atoms with Crippen molar-refractivity contribution in [3.63, 3.8) is 0 Å². The lowest BCUT2D eigenvalue weighted by Gasteiger charge is -2.23. The van der Waals surface area contributed by atoms with Gasteiger partial charge in [0.05, 0.1) is 6.61 Å². The number of amides is 2. The fraction of sp³-hybridized carbons (Fsp3) is 0.562. The van der Waals surface area contributed by atoms with Crippen LogP contribution < -0.4 is 10.2 Å². The van der Waals surface area contributed by atoms with Gasteiger partial charge in [-0.3, -0.25) is 0 Å². The van der Waals surface area contributed by atoms with Crippen LogP contribution in [-0.4, -0.2) is 48.8 Å². The van der Waals surface area contributed by atoms with E-state index in [1.54, 1.807) is 4.90 Å². The largest absolute Gasteiger partial charge is 0.395 e. The number of benzene rings is 1. The first kappa shape index (κ1) is 17.5. The molecule has 0 atom stereocenters. The molecule has 0 unspecified atom stereocenters. The minimum atomic E-state index is -0.675. The highest BCUT2D eigenvalue weighted by Gasteiger charge is 2.22. The Bertz CT molecular complexity index is 519. The second kappa shape index (κ2) is 8.10. The lowest BCUT2D eigenvalue weighted by molar-refractivity contribution is 0.188. The summed E-state index contributed by atoms with van der Waals surface area (Å²) >= 11 is 0. The van der Waals surface area contributed by atoms with E-state index < -0.39 is 17.7 Å². The second-order valence-corrected chi connectivity index (χ2v) is 5.62. The van der Waals surface area contributed by atoms with Crippen LogP contribution in [0.15, 0.2) is 12.1 Å². The van der Waals surface area contributed by atoms with Gasteiger partial charge in [0.15, 0.2) is 11.6 Å². The van der Waals surface area contributed by atoms with Gasteiger partial charge in [0.25, 0.3) is 0 Å². The molecule has 2 N–H and O–H groups in total. The maximum atomic E-state index is 14.2. The molecule has 2 amide bonds. The molecule has 0 aromatic heterocycles. The monoisotopic (exact) mass is 327 g/mol.